The predicted molar refractivity (Wildman–Crippen MR) is 75.0 cm³/mol. The van der Waals surface area contributed by atoms with E-state index in [1.165, 1.54) is 7.11 Å². The molecule has 5 heteroatoms. The number of rotatable bonds is 7. The molecule has 0 aliphatic carbocycles. The number of hydrogen-bond donors (Lipinski definition) is 1. The van der Waals surface area contributed by atoms with Crippen molar-refractivity contribution in [1.29, 1.82) is 0 Å². The van der Waals surface area contributed by atoms with Crippen LogP contribution in [-0.2, 0) is 15.1 Å². The SMILES string of the molecule is CCOC(=O)CCC(C)(O)c1cc(OC)ccc1OC. The number of carbonyl (C=O) groups is 1. The largest absolute Gasteiger partial charge is 0.497 e. The lowest BCUT2D eigenvalue weighted by atomic mass is 9.90. The van der Waals surface area contributed by atoms with Gasteiger partial charge in [0, 0.05) is 12.0 Å². The third-order valence-electron chi connectivity index (χ3n) is 3.11. The van der Waals surface area contributed by atoms with Crippen molar-refractivity contribution >= 4 is 5.97 Å². The Balaban J connectivity index is 2.92. The van der Waals surface area contributed by atoms with Crippen LogP contribution in [0, 0.1) is 0 Å². The van der Waals surface area contributed by atoms with Crippen LogP contribution in [-0.4, -0.2) is 31.9 Å². The zero-order chi connectivity index (χ0) is 15.2. The lowest BCUT2D eigenvalue weighted by Crippen LogP contribution is -2.24. The number of benzene rings is 1. The Morgan fingerprint density at radius 1 is 1.30 bits per heavy atom. The van der Waals surface area contributed by atoms with E-state index in [2.05, 4.69) is 0 Å². The Kier molecular flexibility index (Phi) is 5.82. The van der Waals surface area contributed by atoms with E-state index in [1.54, 1.807) is 39.2 Å². The van der Waals surface area contributed by atoms with Crippen molar-refractivity contribution in [1.82, 2.24) is 0 Å². The molecular formula is C15H22O5. The summed E-state index contributed by atoms with van der Waals surface area (Å²) in [6.45, 7) is 3.73. The van der Waals surface area contributed by atoms with Crippen LogP contribution in [0.1, 0.15) is 32.3 Å². The fraction of sp³-hybridized carbons (Fsp3) is 0.533. The summed E-state index contributed by atoms with van der Waals surface area (Å²) in [6, 6.07) is 5.20. The first-order chi connectivity index (χ1) is 9.44. The van der Waals surface area contributed by atoms with Crippen molar-refractivity contribution in [2.24, 2.45) is 0 Å². The van der Waals surface area contributed by atoms with Gasteiger partial charge in [0.05, 0.1) is 26.4 Å². The second-order valence-corrected chi connectivity index (χ2v) is 4.65. The van der Waals surface area contributed by atoms with Crippen LogP contribution in [0.15, 0.2) is 18.2 Å². The molecule has 0 aliphatic rings. The van der Waals surface area contributed by atoms with Gasteiger partial charge in [0.2, 0.25) is 0 Å². The molecule has 0 aliphatic heterocycles. The molecule has 0 saturated carbocycles. The Morgan fingerprint density at radius 2 is 2.00 bits per heavy atom. The van der Waals surface area contributed by atoms with E-state index in [4.69, 9.17) is 14.2 Å². The van der Waals surface area contributed by atoms with E-state index in [0.29, 0.717) is 23.7 Å². The van der Waals surface area contributed by atoms with Crippen molar-refractivity contribution in [3.05, 3.63) is 23.8 Å². The average Bonchev–Trinajstić information content (AvgIpc) is 2.45. The van der Waals surface area contributed by atoms with Gasteiger partial charge in [-0.2, -0.15) is 0 Å². The fourth-order valence-corrected chi connectivity index (χ4v) is 1.95. The highest BCUT2D eigenvalue weighted by Gasteiger charge is 2.28. The monoisotopic (exact) mass is 282 g/mol. The Morgan fingerprint density at radius 3 is 2.55 bits per heavy atom. The van der Waals surface area contributed by atoms with E-state index in [-0.39, 0.29) is 18.8 Å². The molecule has 1 aromatic carbocycles. The molecular weight excluding hydrogens is 260 g/mol. The minimum Gasteiger partial charge on any atom is -0.497 e. The number of methoxy groups -OCH3 is 2. The number of esters is 1. The first-order valence-electron chi connectivity index (χ1n) is 6.55. The second-order valence-electron chi connectivity index (χ2n) is 4.65. The Labute approximate surface area is 119 Å². The maximum atomic E-state index is 11.4. The summed E-state index contributed by atoms with van der Waals surface area (Å²) in [5.74, 6) is 0.853. The third kappa shape index (κ3) is 4.13. The number of carbonyl (C=O) groups excluding carboxylic acids is 1. The maximum Gasteiger partial charge on any atom is 0.305 e. The molecule has 0 radical (unpaired) electrons. The Hall–Kier alpha value is -1.75. The van der Waals surface area contributed by atoms with E-state index < -0.39 is 5.60 Å². The van der Waals surface area contributed by atoms with Gasteiger partial charge in [-0.3, -0.25) is 4.79 Å². The molecule has 1 aromatic rings. The smallest absolute Gasteiger partial charge is 0.305 e. The van der Waals surface area contributed by atoms with E-state index in [0.717, 1.165) is 0 Å². The van der Waals surface area contributed by atoms with Gasteiger partial charge in [0.1, 0.15) is 11.5 Å². The zero-order valence-corrected chi connectivity index (χ0v) is 12.4. The summed E-state index contributed by atoms with van der Waals surface area (Å²) in [7, 11) is 3.09. The second kappa shape index (κ2) is 7.14. The summed E-state index contributed by atoms with van der Waals surface area (Å²) in [5.41, 5.74) is -0.615. The minimum atomic E-state index is -1.20. The summed E-state index contributed by atoms with van der Waals surface area (Å²) in [5, 5.41) is 10.6. The summed E-state index contributed by atoms with van der Waals surface area (Å²) < 4.78 is 15.3. The molecule has 1 N–H and O–H groups in total. The molecule has 112 valence electrons. The minimum absolute atomic E-state index is 0.140. The van der Waals surface area contributed by atoms with Crippen LogP contribution in [0.3, 0.4) is 0 Å². The highest BCUT2D eigenvalue weighted by molar-refractivity contribution is 5.69. The predicted octanol–water partition coefficient (Wildman–Crippen LogP) is 2.25. The van der Waals surface area contributed by atoms with Crippen molar-refractivity contribution in [3.63, 3.8) is 0 Å². The van der Waals surface area contributed by atoms with Gasteiger partial charge in [-0.15, -0.1) is 0 Å². The highest BCUT2D eigenvalue weighted by atomic mass is 16.5. The Bertz CT molecular complexity index is 454. The van der Waals surface area contributed by atoms with Crippen LogP contribution in [0.4, 0.5) is 0 Å². The lowest BCUT2D eigenvalue weighted by molar-refractivity contribution is -0.144. The number of ether oxygens (including phenoxy) is 3. The van der Waals surface area contributed by atoms with Crippen LogP contribution in [0.2, 0.25) is 0 Å². The quantitative estimate of drug-likeness (QED) is 0.777. The molecule has 0 fully saturated rings. The van der Waals surface area contributed by atoms with Gasteiger partial charge in [-0.25, -0.2) is 0 Å². The molecule has 0 spiro atoms. The standard InChI is InChI=1S/C15H22O5/c1-5-20-14(16)8-9-15(2,17)12-10-11(18-3)6-7-13(12)19-4/h6-7,10,17H,5,8-9H2,1-4H3. The van der Waals surface area contributed by atoms with Gasteiger partial charge in [0.15, 0.2) is 0 Å². The molecule has 1 atom stereocenters. The molecule has 0 saturated heterocycles. The maximum absolute atomic E-state index is 11.4. The van der Waals surface area contributed by atoms with Gasteiger partial charge in [0.25, 0.3) is 0 Å². The highest BCUT2D eigenvalue weighted by Crippen LogP contribution is 2.35. The molecule has 0 aromatic heterocycles. The van der Waals surface area contributed by atoms with Crippen molar-refractivity contribution in [2.45, 2.75) is 32.3 Å². The lowest BCUT2D eigenvalue weighted by Gasteiger charge is -2.26. The topological polar surface area (TPSA) is 65.0 Å². The molecule has 5 nitrogen and oxygen atoms in total. The van der Waals surface area contributed by atoms with Crippen molar-refractivity contribution in [3.8, 4) is 11.5 Å². The van der Waals surface area contributed by atoms with Crippen LogP contribution in [0.5, 0.6) is 11.5 Å². The van der Waals surface area contributed by atoms with Crippen molar-refractivity contribution in [2.75, 3.05) is 20.8 Å². The molecule has 1 rings (SSSR count). The fourth-order valence-electron chi connectivity index (χ4n) is 1.95. The van der Waals surface area contributed by atoms with Crippen LogP contribution in [0.25, 0.3) is 0 Å². The zero-order valence-electron chi connectivity index (χ0n) is 12.4. The number of aliphatic hydroxyl groups is 1. The van der Waals surface area contributed by atoms with Gasteiger partial charge < -0.3 is 19.3 Å². The first-order valence-corrected chi connectivity index (χ1v) is 6.55. The van der Waals surface area contributed by atoms with Crippen LogP contribution < -0.4 is 9.47 Å². The van der Waals surface area contributed by atoms with E-state index >= 15 is 0 Å². The van der Waals surface area contributed by atoms with Crippen LogP contribution >= 0.6 is 0 Å². The third-order valence-corrected chi connectivity index (χ3v) is 3.11. The number of hydrogen-bond acceptors (Lipinski definition) is 5. The summed E-state index contributed by atoms with van der Waals surface area (Å²) in [4.78, 5) is 11.4. The van der Waals surface area contributed by atoms with Gasteiger partial charge in [-0.1, -0.05) is 0 Å². The van der Waals surface area contributed by atoms with Crippen molar-refractivity contribution < 1.29 is 24.1 Å². The average molecular weight is 282 g/mol. The van der Waals surface area contributed by atoms with Gasteiger partial charge in [-0.05, 0) is 38.5 Å². The first kappa shape index (κ1) is 16.3. The molecule has 1 unspecified atom stereocenters. The summed E-state index contributed by atoms with van der Waals surface area (Å²) >= 11 is 0. The molecule has 0 bridgehead atoms. The molecule has 0 heterocycles. The van der Waals surface area contributed by atoms with E-state index in [1.807, 2.05) is 0 Å². The molecule has 20 heavy (non-hydrogen) atoms. The summed E-state index contributed by atoms with van der Waals surface area (Å²) in [6.07, 6.45) is 0.385. The normalized spacial score (nSPS) is 13.4. The molecule has 0 amide bonds. The van der Waals surface area contributed by atoms with E-state index in [9.17, 15) is 9.90 Å². The van der Waals surface area contributed by atoms with Gasteiger partial charge >= 0.3 is 5.97 Å².